The van der Waals surface area contributed by atoms with Crippen molar-refractivity contribution < 1.29 is 18.6 Å². The van der Waals surface area contributed by atoms with Crippen LogP contribution in [0, 0.1) is 23.1 Å². The number of ether oxygens (including phenoxy) is 3. The molecule has 2 aliphatic rings. The summed E-state index contributed by atoms with van der Waals surface area (Å²) in [5.41, 5.74) is -0.0954. The van der Waals surface area contributed by atoms with E-state index in [1.807, 2.05) is 0 Å². The molecule has 0 amide bonds. The number of tetrazole rings is 1. The molecule has 14 nitrogen and oxygen atoms in total. The molecule has 0 spiro atoms. The molecule has 3 aromatic rings. The number of nitrogens with one attached hydrogen (secondary N) is 2. The minimum Gasteiger partial charge on any atom is -0.489 e. The van der Waals surface area contributed by atoms with Crippen molar-refractivity contribution >= 4 is 17.5 Å². The number of nitriles is 1. The first-order valence-corrected chi connectivity index (χ1v) is 14.5. The summed E-state index contributed by atoms with van der Waals surface area (Å²) < 4.78 is 33.5. The summed E-state index contributed by atoms with van der Waals surface area (Å²) in [6.07, 6.45) is 7.35. The Bertz CT molecular complexity index is 1490. The number of rotatable bonds is 13. The van der Waals surface area contributed by atoms with E-state index >= 15 is 4.39 Å². The monoisotopic (exact) mass is 596 g/mol. The largest absolute Gasteiger partial charge is 0.489 e. The summed E-state index contributed by atoms with van der Waals surface area (Å²) in [5.74, 6) is 0.328. The van der Waals surface area contributed by atoms with Gasteiger partial charge in [0.25, 0.3) is 0 Å². The number of benzene rings is 1. The zero-order valence-corrected chi connectivity index (χ0v) is 24.5. The zero-order valence-electron chi connectivity index (χ0n) is 24.5. The van der Waals surface area contributed by atoms with E-state index < -0.39 is 11.5 Å². The SMILES string of the molecule is COCCOCCOc1cc(F)c(Nc2ncc(C#N)c(NC[C@@H]3CCCN4CCCC[C@H]34)n2)cc1-n1nnn(C)c1=O. The fourth-order valence-electron chi connectivity index (χ4n) is 5.66. The van der Waals surface area contributed by atoms with Crippen molar-refractivity contribution in [3.05, 3.63) is 40.2 Å². The van der Waals surface area contributed by atoms with Gasteiger partial charge in [0.1, 0.15) is 35.5 Å². The summed E-state index contributed by atoms with van der Waals surface area (Å²) in [4.78, 5) is 24.0. The Kier molecular flexibility index (Phi) is 10.1. The number of hydrogen-bond donors (Lipinski definition) is 2. The maximum atomic E-state index is 15.4. The zero-order chi connectivity index (χ0) is 30.2. The molecule has 0 radical (unpaired) electrons. The van der Waals surface area contributed by atoms with Gasteiger partial charge in [-0.05, 0) is 61.2 Å². The summed E-state index contributed by atoms with van der Waals surface area (Å²) in [7, 11) is 3.03. The van der Waals surface area contributed by atoms with Crippen molar-refractivity contribution in [3.63, 3.8) is 0 Å². The van der Waals surface area contributed by atoms with Crippen molar-refractivity contribution in [2.45, 2.75) is 38.1 Å². The third kappa shape index (κ3) is 7.27. The highest BCUT2D eigenvalue weighted by atomic mass is 19.1. The normalized spacial score (nSPS) is 18.6. The molecular weight excluding hydrogens is 559 g/mol. The number of fused-ring (bicyclic) bond motifs is 1. The molecule has 4 heterocycles. The Morgan fingerprint density at radius 1 is 1.12 bits per heavy atom. The Labute approximate surface area is 248 Å². The van der Waals surface area contributed by atoms with Crippen LogP contribution in [0.2, 0.25) is 0 Å². The maximum Gasteiger partial charge on any atom is 0.368 e. The van der Waals surface area contributed by atoms with Crippen molar-refractivity contribution in [2.24, 2.45) is 13.0 Å². The summed E-state index contributed by atoms with van der Waals surface area (Å²) in [6.45, 7) is 4.12. The smallest absolute Gasteiger partial charge is 0.368 e. The first-order chi connectivity index (χ1) is 21.0. The number of piperidine rings is 2. The Morgan fingerprint density at radius 2 is 1.95 bits per heavy atom. The van der Waals surface area contributed by atoms with Gasteiger partial charge < -0.3 is 29.7 Å². The second-order valence-corrected chi connectivity index (χ2v) is 10.6. The second kappa shape index (κ2) is 14.4. The van der Waals surface area contributed by atoms with Crippen LogP contribution in [0.1, 0.15) is 37.7 Å². The summed E-state index contributed by atoms with van der Waals surface area (Å²) in [5, 5.41) is 23.6. The standard InChI is InChI=1S/C28H37FN10O4/c1-37-28(40)39(36-35-37)24-15-22(21(29)14-25(24)43-13-12-42-11-10-41-2)33-27-32-18-20(16-30)26(34-27)31-17-19-6-5-9-38-8-4-3-7-23(19)38/h14-15,18-19,23H,3-13,17H2,1-2H3,(H2,31,32,33,34)/t19-,23+/m0/s1. The molecule has 0 unspecified atom stereocenters. The molecule has 2 atom stereocenters. The molecule has 2 saturated heterocycles. The molecule has 2 N–H and O–H groups in total. The predicted octanol–water partition coefficient (Wildman–Crippen LogP) is 2.23. The highest BCUT2D eigenvalue weighted by Gasteiger charge is 2.33. The molecule has 2 aliphatic heterocycles. The van der Waals surface area contributed by atoms with Gasteiger partial charge in [-0.2, -0.15) is 19.6 Å². The lowest BCUT2D eigenvalue weighted by atomic mass is 9.83. The minimum absolute atomic E-state index is 0.0166. The third-order valence-corrected chi connectivity index (χ3v) is 7.83. The second-order valence-electron chi connectivity index (χ2n) is 10.6. The van der Waals surface area contributed by atoms with Gasteiger partial charge in [-0.25, -0.2) is 14.2 Å². The van der Waals surface area contributed by atoms with Gasteiger partial charge in [-0.1, -0.05) is 6.42 Å². The molecule has 1 aromatic carbocycles. The van der Waals surface area contributed by atoms with Crippen molar-refractivity contribution in [1.82, 2.24) is 34.7 Å². The lowest BCUT2D eigenvalue weighted by Crippen LogP contribution is -2.49. The number of methoxy groups -OCH3 is 1. The highest BCUT2D eigenvalue weighted by molar-refractivity contribution is 5.64. The molecule has 15 heteroatoms. The maximum absolute atomic E-state index is 15.4. The van der Waals surface area contributed by atoms with Crippen molar-refractivity contribution in [3.8, 4) is 17.5 Å². The molecule has 5 rings (SSSR count). The number of aryl methyl sites for hydroxylation is 1. The van der Waals surface area contributed by atoms with E-state index in [2.05, 4.69) is 42.0 Å². The van der Waals surface area contributed by atoms with Crippen LogP contribution in [0.3, 0.4) is 0 Å². The number of hydrogen-bond acceptors (Lipinski definition) is 12. The lowest BCUT2D eigenvalue weighted by Gasteiger charge is -2.44. The van der Waals surface area contributed by atoms with Gasteiger partial charge in [-0.3, -0.25) is 0 Å². The fraction of sp³-hybridized carbons (Fsp3) is 0.571. The minimum atomic E-state index is -0.668. The first-order valence-electron chi connectivity index (χ1n) is 14.5. The van der Waals surface area contributed by atoms with Crippen LogP contribution in [0.5, 0.6) is 5.75 Å². The Balaban J connectivity index is 1.34. The average Bonchev–Trinajstić information content (AvgIpc) is 3.36. The van der Waals surface area contributed by atoms with Gasteiger partial charge in [-0.15, -0.1) is 0 Å². The van der Waals surface area contributed by atoms with Gasteiger partial charge in [0.15, 0.2) is 5.82 Å². The summed E-state index contributed by atoms with van der Waals surface area (Å²) in [6, 6.07) is 5.20. The van der Waals surface area contributed by atoms with E-state index in [9.17, 15) is 10.1 Å². The Hall–Kier alpha value is -4.13. The number of aromatic nitrogens is 6. The molecular formula is C28H37FN10O4. The fourth-order valence-corrected chi connectivity index (χ4v) is 5.66. The molecule has 2 fully saturated rings. The van der Waals surface area contributed by atoms with Gasteiger partial charge in [0, 0.05) is 32.8 Å². The van der Waals surface area contributed by atoms with E-state index in [1.165, 1.54) is 38.6 Å². The average molecular weight is 597 g/mol. The van der Waals surface area contributed by atoms with Gasteiger partial charge >= 0.3 is 5.69 Å². The van der Waals surface area contributed by atoms with Gasteiger partial charge in [0.2, 0.25) is 5.95 Å². The van der Waals surface area contributed by atoms with Crippen LogP contribution in [0.4, 0.5) is 21.8 Å². The van der Waals surface area contributed by atoms with E-state index in [0.717, 1.165) is 41.4 Å². The van der Waals surface area contributed by atoms with Crippen LogP contribution in [0.15, 0.2) is 23.1 Å². The molecule has 0 aliphatic carbocycles. The number of anilines is 3. The van der Waals surface area contributed by atoms with E-state index in [1.54, 1.807) is 7.11 Å². The molecule has 0 bridgehead atoms. The van der Waals surface area contributed by atoms with Gasteiger partial charge in [0.05, 0.1) is 31.7 Å². The predicted molar refractivity (Wildman–Crippen MR) is 155 cm³/mol. The van der Waals surface area contributed by atoms with Crippen LogP contribution in [0.25, 0.3) is 5.69 Å². The molecule has 2 aromatic heterocycles. The third-order valence-electron chi connectivity index (χ3n) is 7.83. The number of halogens is 1. The van der Waals surface area contributed by atoms with E-state index in [-0.39, 0.29) is 36.3 Å². The van der Waals surface area contributed by atoms with Crippen LogP contribution in [-0.2, 0) is 16.5 Å². The van der Waals surface area contributed by atoms with Crippen LogP contribution >= 0.6 is 0 Å². The quantitative estimate of drug-likeness (QED) is 0.278. The molecule has 43 heavy (non-hydrogen) atoms. The highest BCUT2D eigenvalue weighted by Crippen LogP contribution is 2.32. The molecule has 0 saturated carbocycles. The van der Waals surface area contributed by atoms with E-state index in [4.69, 9.17) is 14.2 Å². The molecule has 230 valence electrons. The Morgan fingerprint density at radius 3 is 2.74 bits per heavy atom. The van der Waals surface area contributed by atoms with Crippen molar-refractivity contribution in [1.29, 1.82) is 5.26 Å². The van der Waals surface area contributed by atoms with Crippen LogP contribution in [-0.4, -0.2) is 93.9 Å². The summed E-state index contributed by atoms with van der Waals surface area (Å²) >= 11 is 0. The lowest BCUT2D eigenvalue weighted by molar-refractivity contribution is 0.0543. The van der Waals surface area contributed by atoms with E-state index in [0.29, 0.717) is 43.1 Å². The van der Waals surface area contributed by atoms with Crippen molar-refractivity contribution in [2.75, 3.05) is 63.8 Å². The first kappa shape index (κ1) is 30.3. The topological polar surface area (TPSA) is 157 Å². The number of nitrogens with zero attached hydrogens (tertiary/aromatic N) is 8. The van der Waals surface area contributed by atoms with Crippen LogP contribution < -0.4 is 21.1 Å².